The summed E-state index contributed by atoms with van der Waals surface area (Å²) in [4.78, 5) is 0. The Morgan fingerprint density at radius 1 is 1.26 bits per heavy atom. The predicted molar refractivity (Wildman–Crippen MR) is 95.6 cm³/mol. The van der Waals surface area contributed by atoms with Crippen molar-refractivity contribution in [3.63, 3.8) is 0 Å². The molecule has 0 bridgehead atoms. The minimum atomic E-state index is -1.03. The van der Waals surface area contributed by atoms with E-state index in [1.165, 1.54) is 29.6 Å². The lowest BCUT2D eigenvalue weighted by molar-refractivity contribution is 0.415. The Morgan fingerprint density at radius 3 is 2.35 bits per heavy atom. The second kappa shape index (κ2) is 6.27. The van der Waals surface area contributed by atoms with Crippen LogP contribution in [0, 0.1) is 5.92 Å². The summed E-state index contributed by atoms with van der Waals surface area (Å²) in [5, 5.41) is 0. The van der Waals surface area contributed by atoms with E-state index in [-0.39, 0.29) is 10.8 Å². The van der Waals surface area contributed by atoms with Crippen LogP contribution in [-0.2, 0) is 11.0 Å². The molecule has 23 heavy (non-hydrogen) atoms. The van der Waals surface area contributed by atoms with Crippen LogP contribution in [0.15, 0.2) is 35.6 Å². The second-order valence-electron chi connectivity index (χ2n) is 7.35. The van der Waals surface area contributed by atoms with Gasteiger partial charge in [0.1, 0.15) is 5.75 Å². The minimum Gasteiger partial charge on any atom is -0.497 e. The van der Waals surface area contributed by atoms with Gasteiger partial charge < -0.3 is 4.74 Å². The molecule has 3 rings (SSSR count). The molecule has 1 saturated carbocycles. The first-order valence-electron chi connectivity index (χ1n) is 8.19. The smallest absolute Gasteiger partial charge is 0.118 e. The van der Waals surface area contributed by atoms with Crippen LogP contribution in [0.3, 0.4) is 0 Å². The molecular weight excluding hydrogens is 306 g/mol. The van der Waals surface area contributed by atoms with Crippen molar-refractivity contribution in [2.75, 3.05) is 7.11 Å². The molecule has 0 aliphatic heterocycles. The maximum absolute atomic E-state index is 12.4. The number of nitrogens with one attached hydrogen (secondary N) is 1. The molecule has 1 aromatic rings. The van der Waals surface area contributed by atoms with Gasteiger partial charge in [-0.05, 0) is 62.8 Å². The Hall–Kier alpha value is -1.35. The van der Waals surface area contributed by atoms with Gasteiger partial charge in [-0.2, -0.15) is 0 Å². The van der Waals surface area contributed by atoms with Crippen molar-refractivity contribution in [2.45, 2.75) is 50.8 Å². The molecule has 2 aliphatic rings. The maximum Gasteiger partial charge on any atom is 0.118 e. The Morgan fingerprint density at radius 2 is 1.87 bits per heavy atom. The highest BCUT2D eigenvalue weighted by atomic mass is 32.2. The van der Waals surface area contributed by atoms with Crippen LogP contribution >= 0.6 is 0 Å². The Kier molecular flexibility index (Phi) is 4.50. The first-order chi connectivity index (χ1) is 10.9. The Labute approximate surface area is 141 Å². The maximum atomic E-state index is 12.4. The molecule has 0 radical (unpaired) electrons. The topological polar surface area (TPSA) is 38.3 Å². The van der Waals surface area contributed by atoms with E-state index >= 15 is 0 Å². The van der Waals surface area contributed by atoms with E-state index in [9.17, 15) is 4.21 Å². The molecule has 0 amide bonds. The Bertz CT molecular complexity index is 674. The normalized spacial score (nSPS) is 20.2. The van der Waals surface area contributed by atoms with Gasteiger partial charge in [-0.1, -0.05) is 12.1 Å². The van der Waals surface area contributed by atoms with Crippen molar-refractivity contribution in [3.8, 4) is 5.75 Å². The first kappa shape index (κ1) is 16.5. The van der Waals surface area contributed by atoms with Crippen LogP contribution in [0.2, 0.25) is 0 Å². The van der Waals surface area contributed by atoms with Crippen LogP contribution < -0.4 is 9.46 Å². The standard InChI is InChI=1S/C19H25NO2S/c1-19(2,3)23(21)20-18(14-5-6-14)16-11-15(12-16)13-7-9-17(22-4)10-8-13/h7-10,14,18,20H,5-6,11H2,1-4H3. The number of hydrogen-bond acceptors (Lipinski definition) is 2. The molecule has 0 saturated heterocycles. The highest BCUT2D eigenvalue weighted by molar-refractivity contribution is 7.84. The summed E-state index contributed by atoms with van der Waals surface area (Å²) in [6.07, 6.45) is 3.38. The summed E-state index contributed by atoms with van der Waals surface area (Å²) < 4.78 is 20.7. The highest BCUT2D eigenvalue weighted by Crippen LogP contribution is 2.41. The quantitative estimate of drug-likeness (QED) is 0.804. The Balaban J connectivity index is 1.77. The summed E-state index contributed by atoms with van der Waals surface area (Å²) in [7, 11) is 0.644. The molecule has 1 aromatic carbocycles. The predicted octanol–water partition coefficient (Wildman–Crippen LogP) is 3.84. The van der Waals surface area contributed by atoms with E-state index in [2.05, 4.69) is 22.6 Å². The summed E-state index contributed by atoms with van der Waals surface area (Å²) >= 11 is 0. The molecule has 2 unspecified atom stereocenters. The van der Waals surface area contributed by atoms with Gasteiger partial charge in [0.2, 0.25) is 0 Å². The fourth-order valence-electron chi connectivity index (χ4n) is 2.69. The van der Waals surface area contributed by atoms with Crippen LogP contribution in [0.4, 0.5) is 0 Å². The average molecular weight is 331 g/mol. The summed E-state index contributed by atoms with van der Waals surface area (Å²) in [5.41, 5.74) is 7.21. The molecule has 3 nitrogen and oxygen atoms in total. The molecule has 4 heteroatoms. The number of ether oxygens (including phenoxy) is 1. The van der Waals surface area contributed by atoms with E-state index in [1.807, 2.05) is 32.9 Å². The number of hydrogen-bond donors (Lipinski definition) is 1. The lowest BCUT2D eigenvalue weighted by Gasteiger charge is -2.28. The van der Waals surface area contributed by atoms with Crippen molar-refractivity contribution in [1.29, 1.82) is 0 Å². The zero-order valence-electron chi connectivity index (χ0n) is 14.3. The third-order valence-corrected chi connectivity index (χ3v) is 5.96. The van der Waals surface area contributed by atoms with Crippen molar-refractivity contribution in [2.24, 2.45) is 5.92 Å². The van der Waals surface area contributed by atoms with Crippen molar-refractivity contribution >= 4 is 16.6 Å². The zero-order valence-corrected chi connectivity index (χ0v) is 15.1. The van der Waals surface area contributed by atoms with Crippen LogP contribution in [0.1, 0.15) is 45.6 Å². The molecule has 124 valence electrons. The fraction of sp³-hybridized carbons (Fsp3) is 0.526. The molecule has 2 atom stereocenters. The average Bonchev–Trinajstić information content (AvgIpc) is 3.28. The van der Waals surface area contributed by atoms with Gasteiger partial charge in [-0.25, -0.2) is 8.93 Å². The van der Waals surface area contributed by atoms with Gasteiger partial charge in [0.15, 0.2) is 0 Å². The second-order valence-corrected chi connectivity index (χ2v) is 9.35. The molecule has 1 fully saturated rings. The summed E-state index contributed by atoms with van der Waals surface area (Å²) in [6, 6.07) is 8.33. The van der Waals surface area contributed by atoms with Gasteiger partial charge in [-0.15, -0.1) is 5.73 Å². The lowest BCUT2D eigenvalue weighted by Crippen LogP contribution is -2.42. The molecule has 0 spiro atoms. The summed E-state index contributed by atoms with van der Waals surface area (Å²) in [6.45, 7) is 6.02. The van der Waals surface area contributed by atoms with Crippen LogP contribution in [-0.4, -0.2) is 22.1 Å². The minimum absolute atomic E-state index is 0.219. The zero-order chi connectivity index (χ0) is 16.6. The molecule has 0 heterocycles. The van der Waals surface area contributed by atoms with Gasteiger partial charge in [0.25, 0.3) is 0 Å². The fourth-order valence-corrected chi connectivity index (χ4v) is 3.61. The van der Waals surface area contributed by atoms with E-state index in [4.69, 9.17) is 4.74 Å². The SMILES string of the molecule is COc1ccc(C2=C=C(C(NS(=O)C(C)(C)C)C3CC3)C2)cc1. The number of benzene rings is 1. The highest BCUT2D eigenvalue weighted by Gasteiger charge is 2.38. The van der Waals surface area contributed by atoms with Crippen LogP contribution in [0.25, 0.3) is 5.57 Å². The van der Waals surface area contributed by atoms with E-state index < -0.39 is 11.0 Å². The van der Waals surface area contributed by atoms with Crippen molar-refractivity contribution < 1.29 is 8.95 Å². The first-order valence-corrected chi connectivity index (χ1v) is 9.34. The number of methoxy groups -OCH3 is 1. The summed E-state index contributed by atoms with van der Waals surface area (Å²) in [5.74, 6) is 1.50. The van der Waals surface area contributed by atoms with E-state index in [1.54, 1.807) is 7.11 Å². The molecule has 1 N–H and O–H groups in total. The molecular formula is C19H25NO2S. The lowest BCUT2D eigenvalue weighted by atomic mass is 9.86. The molecule has 0 aromatic heterocycles. The monoisotopic (exact) mass is 331 g/mol. The van der Waals surface area contributed by atoms with Crippen molar-refractivity contribution in [3.05, 3.63) is 41.1 Å². The third kappa shape index (κ3) is 3.77. The van der Waals surface area contributed by atoms with E-state index in [0.29, 0.717) is 5.92 Å². The largest absolute Gasteiger partial charge is 0.497 e. The van der Waals surface area contributed by atoms with Gasteiger partial charge in [-0.3, -0.25) is 0 Å². The van der Waals surface area contributed by atoms with Crippen molar-refractivity contribution in [1.82, 2.24) is 4.72 Å². The van der Waals surface area contributed by atoms with Gasteiger partial charge >= 0.3 is 0 Å². The third-order valence-electron chi connectivity index (χ3n) is 4.38. The van der Waals surface area contributed by atoms with Crippen LogP contribution in [0.5, 0.6) is 5.75 Å². The number of rotatable bonds is 6. The van der Waals surface area contributed by atoms with Gasteiger partial charge in [0.05, 0.1) is 28.9 Å². The van der Waals surface area contributed by atoms with E-state index in [0.717, 1.165) is 12.2 Å². The van der Waals surface area contributed by atoms with Gasteiger partial charge in [0, 0.05) is 12.0 Å². The molecule has 2 aliphatic carbocycles.